The molecule has 142 valence electrons. The molecular formula is C22H27N3O2. The van der Waals surface area contributed by atoms with Crippen molar-refractivity contribution in [1.82, 2.24) is 10.2 Å². The Balaban J connectivity index is 1.51. The number of benzene rings is 2. The van der Waals surface area contributed by atoms with Gasteiger partial charge in [0, 0.05) is 50.1 Å². The van der Waals surface area contributed by atoms with E-state index in [-0.39, 0.29) is 5.91 Å². The minimum absolute atomic E-state index is 0.121. The third-order valence-corrected chi connectivity index (χ3v) is 4.82. The zero-order chi connectivity index (χ0) is 19.1. The number of anilines is 1. The fraction of sp³-hybridized carbons (Fsp3) is 0.318. The maximum atomic E-state index is 12.1. The van der Waals surface area contributed by atoms with Gasteiger partial charge >= 0.3 is 0 Å². The number of ether oxygens (including phenoxy) is 1. The lowest BCUT2D eigenvalue weighted by molar-refractivity contribution is -0.116. The molecule has 1 aliphatic rings. The van der Waals surface area contributed by atoms with Crippen LogP contribution in [0.25, 0.3) is 6.08 Å². The Hall–Kier alpha value is -2.79. The second kappa shape index (κ2) is 9.24. The third-order valence-electron chi connectivity index (χ3n) is 4.82. The zero-order valence-corrected chi connectivity index (χ0v) is 16.0. The van der Waals surface area contributed by atoms with Crippen molar-refractivity contribution in [3.8, 4) is 5.75 Å². The third kappa shape index (κ3) is 5.34. The molecule has 1 N–H and O–H groups in total. The average molecular weight is 365 g/mol. The molecule has 0 radical (unpaired) electrons. The number of carbonyl (C=O) groups is 1. The first-order valence-corrected chi connectivity index (χ1v) is 9.27. The van der Waals surface area contributed by atoms with Crippen LogP contribution in [0.5, 0.6) is 5.75 Å². The number of nitrogens with zero attached hydrogens (tertiary/aromatic N) is 2. The van der Waals surface area contributed by atoms with Crippen molar-refractivity contribution in [3.63, 3.8) is 0 Å². The first-order chi connectivity index (χ1) is 13.2. The maximum absolute atomic E-state index is 12.1. The summed E-state index contributed by atoms with van der Waals surface area (Å²) < 4.78 is 5.28. The number of hydrogen-bond acceptors (Lipinski definition) is 4. The molecule has 1 saturated heterocycles. The molecular weight excluding hydrogens is 338 g/mol. The molecule has 2 aromatic rings. The van der Waals surface area contributed by atoms with E-state index in [1.165, 1.54) is 11.8 Å². The van der Waals surface area contributed by atoms with Crippen LogP contribution in [-0.4, -0.2) is 51.1 Å². The van der Waals surface area contributed by atoms with Gasteiger partial charge in [-0.2, -0.15) is 0 Å². The van der Waals surface area contributed by atoms with Crippen molar-refractivity contribution in [1.29, 1.82) is 0 Å². The fourth-order valence-corrected chi connectivity index (χ4v) is 3.11. The maximum Gasteiger partial charge on any atom is 0.244 e. The van der Waals surface area contributed by atoms with Crippen LogP contribution in [0.3, 0.4) is 0 Å². The molecule has 1 amide bonds. The number of piperazine rings is 1. The Kier molecular flexibility index (Phi) is 6.49. The summed E-state index contributed by atoms with van der Waals surface area (Å²) in [4.78, 5) is 16.8. The first kappa shape index (κ1) is 19.0. The van der Waals surface area contributed by atoms with E-state index in [4.69, 9.17) is 4.74 Å². The number of carbonyl (C=O) groups excluding carboxylic acids is 1. The van der Waals surface area contributed by atoms with Crippen LogP contribution < -0.4 is 15.0 Å². The average Bonchev–Trinajstić information content (AvgIpc) is 2.72. The number of methoxy groups -OCH3 is 1. The molecule has 3 rings (SSSR count). The van der Waals surface area contributed by atoms with Crippen LogP contribution in [0.15, 0.2) is 54.6 Å². The van der Waals surface area contributed by atoms with Gasteiger partial charge < -0.3 is 19.9 Å². The summed E-state index contributed by atoms with van der Waals surface area (Å²) in [5, 5.41) is 2.92. The first-order valence-electron chi connectivity index (χ1n) is 9.27. The second-order valence-corrected chi connectivity index (χ2v) is 6.75. The van der Waals surface area contributed by atoms with Gasteiger partial charge in [-0.3, -0.25) is 4.79 Å². The van der Waals surface area contributed by atoms with Crippen LogP contribution >= 0.6 is 0 Å². The Morgan fingerprint density at radius 1 is 1.07 bits per heavy atom. The second-order valence-electron chi connectivity index (χ2n) is 6.75. The standard InChI is InChI=1S/C22H27N3O2/c1-24-13-15-25(16-14-24)20-10-7-18(8-11-20)17-23-22(26)12-9-19-5-3-4-6-21(19)27-2/h3-12H,13-17H2,1-2H3,(H,23,26). The topological polar surface area (TPSA) is 44.8 Å². The molecule has 1 fully saturated rings. The summed E-state index contributed by atoms with van der Waals surface area (Å²) in [5.74, 6) is 0.630. The van der Waals surface area contributed by atoms with E-state index >= 15 is 0 Å². The quantitative estimate of drug-likeness (QED) is 0.800. The number of nitrogens with one attached hydrogen (secondary N) is 1. The van der Waals surface area contributed by atoms with Crippen molar-refractivity contribution in [2.45, 2.75) is 6.54 Å². The van der Waals surface area contributed by atoms with Crippen molar-refractivity contribution in [3.05, 3.63) is 65.7 Å². The van der Waals surface area contributed by atoms with Gasteiger partial charge in [-0.1, -0.05) is 30.3 Å². The molecule has 0 unspecified atom stereocenters. The van der Waals surface area contributed by atoms with Gasteiger partial charge in [0.05, 0.1) is 7.11 Å². The normalized spacial score (nSPS) is 15.1. The van der Waals surface area contributed by atoms with E-state index < -0.39 is 0 Å². The molecule has 0 saturated carbocycles. The van der Waals surface area contributed by atoms with Crippen molar-refractivity contribution in [2.75, 3.05) is 45.2 Å². The largest absolute Gasteiger partial charge is 0.496 e. The van der Waals surface area contributed by atoms with E-state index in [1.54, 1.807) is 13.2 Å². The molecule has 0 spiro atoms. The van der Waals surface area contributed by atoms with Crippen molar-refractivity contribution >= 4 is 17.7 Å². The smallest absolute Gasteiger partial charge is 0.244 e. The molecule has 0 atom stereocenters. The van der Waals surface area contributed by atoms with E-state index in [9.17, 15) is 4.79 Å². The van der Waals surface area contributed by atoms with Gasteiger partial charge in [0.15, 0.2) is 0 Å². The Morgan fingerprint density at radius 2 is 1.78 bits per heavy atom. The van der Waals surface area contributed by atoms with Gasteiger partial charge in [-0.25, -0.2) is 0 Å². The summed E-state index contributed by atoms with van der Waals surface area (Å²) in [6, 6.07) is 16.0. The minimum Gasteiger partial charge on any atom is -0.496 e. The molecule has 0 aromatic heterocycles. The van der Waals surface area contributed by atoms with Crippen LogP contribution in [0.2, 0.25) is 0 Å². The van der Waals surface area contributed by atoms with E-state index in [0.717, 1.165) is 43.1 Å². The van der Waals surface area contributed by atoms with E-state index in [2.05, 4.69) is 46.4 Å². The monoisotopic (exact) mass is 365 g/mol. The number of amides is 1. The summed E-state index contributed by atoms with van der Waals surface area (Å²) in [5.41, 5.74) is 3.22. The van der Waals surface area contributed by atoms with Crippen LogP contribution in [0.4, 0.5) is 5.69 Å². The number of para-hydroxylation sites is 1. The lowest BCUT2D eigenvalue weighted by Gasteiger charge is -2.34. The van der Waals surface area contributed by atoms with Crippen LogP contribution in [-0.2, 0) is 11.3 Å². The molecule has 0 aliphatic carbocycles. The fourth-order valence-electron chi connectivity index (χ4n) is 3.11. The van der Waals surface area contributed by atoms with Gasteiger partial charge in [-0.05, 0) is 36.9 Å². The zero-order valence-electron chi connectivity index (χ0n) is 16.0. The van der Waals surface area contributed by atoms with Gasteiger partial charge in [-0.15, -0.1) is 0 Å². The van der Waals surface area contributed by atoms with E-state index in [0.29, 0.717) is 6.54 Å². The molecule has 5 nitrogen and oxygen atoms in total. The number of hydrogen-bond donors (Lipinski definition) is 1. The van der Waals surface area contributed by atoms with Gasteiger partial charge in [0.1, 0.15) is 5.75 Å². The summed E-state index contributed by atoms with van der Waals surface area (Å²) >= 11 is 0. The predicted molar refractivity (Wildman–Crippen MR) is 110 cm³/mol. The number of likely N-dealkylation sites (N-methyl/N-ethyl adjacent to an activating group) is 1. The highest BCUT2D eigenvalue weighted by Crippen LogP contribution is 2.19. The van der Waals surface area contributed by atoms with Gasteiger partial charge in [0.25, 0.3) is 0 Å². The van der Waals surface area contributed by atoms with Crippen molar-refractivity contribution < 1.29 is 9.53 Å². The summed E-state index contributed by atoms with van der Waals surface area (Å²) in [6.07, 6.45) is 3.31. The van der Waals surface area contributed by atoms with Crippen LogP contribution in [0, 0.1) is 0 Å². The highest BCUT2D eigenvalue weighted by Gasteiger charge is 2.13. The highest BCUT2D eigenvalue weighted by molar-refractivity contribution is 5.92. The molecule has 27 heavy (non-hydrogen) atoms. The molecule has 1 heterocycles. The lowest BCUT2D eigenvalue weighted by Crippen LogP contribution is -2.44. The van der Waals surface area contributed by atoms with Crippen LogP contribution in [0.1, 0.15) is 11.1 Å². The summed E-state index contributed by atoms with van der Waals surface area (Å²) in [6.45, 7) is 4.81. The Labute approximate surface area is 161 Å². The Morgan fingerprint density at radius 3 is 2.48 bits per heavy atom. The Bertz CT molecular complexity index is 778. The molecule has 5 heteroatoms. The molecule has 0 bridgehead atoms. The highest BCUT2D eigenvalue weighted by atomic mass is 16.5. The van der Waals surface area contributed by atoms with E-state index in [1.807, 2.05) is 24.3 Å². The summed E-state index contributed by atoms with van der Waals surface area (Å²) in [7, 11) is 3.78. The van der Waals surface area contributed by atoms with Crippen molar-refractivity contribution in [2.24, 2.45) is 0 Å². The molecule has 1 aliphatic heterocycles. The molecule has 2 aromatic carbocycles. The SMILES string of the molecule is COc1ccccc1C=CC(=O)NCc1ccc(N2CCN(C)CC2)cc1. The predicted octanol–water partition coefficient (Wildman–Crippen LogP) is 2.78. The lowest BCUT2D eigenvalue weighted by atomic mass is 10.1. The van der Waals surface area contributed by atoms with Gasteiger partial charge in [0.2, 0.25) is 5.91 Å². The minimum atomic E-state index is -0.121. The number of rotatable bonds is 6.